The van der Waals surface area contributed by atoms with Crippen LogP contribution in [0.1, 0.15) is 22.3 Å². The summed E-state index contributed by atoms with van der Waals surface area (Å²) in [6.07, 6.45) is 0. The second-order valence-electron chi connectivity index (χ2n) is 7.93. The van der Waals surface area contributed by atoms with Crippen LogP contribution in [0.15, 0.2) is 140 Å². The summed E-state index contributed by atoms with van der Waals surface area (Å²) in [5.74, 6) is 0. The molecule has 32 heavy (non-hydrogen) atoms. The van der Waals surface area contributed by atoms with E-state index in [2.05, 4.69) is 127 Å². The molecule has 0 amide bonds. The average molecular weight is 431 g/mol. The summed E-state index contributed by atoms with van der Waals surface area (Å²) in [6, 6.07) is 49.3. The van der Waals surface area contributed by atoms with Crippen molar-refractivity contribution < 1.29 is 0 Å². The van der Waals surface area contributed by atoms with E-state index in [1.54, 1.807) is 0 Å². The fraction of sp³-hybridized carbons (Fsp3) is 0.0323. The first-order valence-electron chi connectivity index (χ1n) is 10.8. The Morgan fingerprint density at radius 2 is 0.656 bits per heavy atom. The predicted octanol–water partition coefficient (Wildman–Crippen LogP) is 8.39. The lowest BCUT2D eigenvalue weighted by Crippen LogP contribution is -2.30. The van der Waals surface area contributed by atoms with Crippen LogP contribution in [0.5, 0.6) is 0 Å². The maximum absolute atomic E-state index is 6.09. The summed E-state index contributed by atoms with van der Waals surface area (Å²) in [4.78, 5) is 0. The summed E-state index contributed by atoms with van der Waals surface area (Å²) in [7, 11) is 0. The molecular weight excluding hydrogens is 408 g/mol. The third-order valence-corrected chi connectivity index (χ3v) is 6.37. The van der Waals surface area contributed by atoms with Crippen molar-refractivity contribution in [3.05, 3.63) is 167 Å². The van der Waals surface area contributed by atoms with Gasteiger partial charge in [0, 0.05) is 5.02 Å². The number of halogens is 1. The van der Waals surface area contributed by atoms with Gasteiger partial charge in [0.2, 0.25) is 0 Å². The van der Waals surface area contributed by atoms with Gasteiger partial charge < -0.3 is 0 Å². The van der Waals surface area contributed by atoms with E-state index < -0.39 is 5.41 Å². The van der Waals surface area contributed by atoms with Crippen LogP contribution in [0.3, 0.4) is 0 Å². The molecule has 0 saturated heterocycles. The molecule has 0 heterocycles. The molecule has 0 aliphatic rings. The molecule has 0 radical (unpaired) electrons. The molecule has 154 valence electrons. The van der Waals surface area contributed by atoms with Crippen molar-refractivity contribution in [3.63, 3.8) is 0 Å². The molecule has 0 bridgehead atoms. The van der Waals surface area contributed by atoms with Crippen molar-refractivity contribution >= 4 is 11.6 Å². The van der Waals surface area contributed by atoms with E-state index in [1.165, 1.54) is 27.8 Å². The second-order valence-corrected chi connectivity index (χ2v) is 8.37. The monoisotopic (exact) mass is 430 g/mol. The van der Waals surface area contributed by atoms with E-state index in [0.29, 0.717) is 0 Å². The minimum atomic E-state index is -0.414. The van der Waals surface area contributed by atoms with Crippen LogP contribution in [0.25, 0.3) is 11.1 Å². The first-order valence-corrected chi connectivity index (χ1v) is 11.2. The Morgan fingerprint density at radius 1 is 0.344 bits per heavy atom. The minimum absolute atomic E-state index is 0.414. The molecule has 0 aliphatic heterocycles. The molecule has 0 aromatic heterocycles. The third kappa shape index (κ3) is 3.64. The maximum atomic E-state index is 6.09. The Kier molecular flexibility index (Phi) is 5.62. The van der Waals surface area contributed by atoms with Gasteiger partial charge in [0.15, 0.2) is 0 Å². The molecule has 0 fully saturated rings. The van der Waals surface area contributed by atoms with Gasteiger partial charge in [0.1, 0.15) is 0 Å². The van der Waals surface area contributed by atoms with Crippen molar-refractivity contribution in [2.45, 2.75) is 5.41 Å². The number of rotatable bonds is 5. The predicted molar refractivity (Wildman–Crippen MR) is 135 cm³/mol. The molecule has 0 nitrogen and oxygen atoms in total. The highest BCUT2D eigenvalue weighted by atomic mass is 35.5. The van der Waals surface area contributed by atoms with Crippen LogP contribution in [0.2, 0.25) is 5.02 Å². The zero-order valence-corrected chi connectivity index (χ0v) is 18.4. The zero-order chi connectivity index (χ0) is 21.8. The van der Waals surface area contributed by atoms with E-state index in [1.807, 2.05) is 12.1 Å². The third-order valence-electron chi connectivity index (χ3n) is 6.12. The SMILES string of the molecule is Clc1ccc(-c2ccc(C(c3ccccc3)(c3ccccc3)c3ccccc3)cc2)cc1. The lowest BCUT2D eigenvalue weighted by molar-refractivity contribution is 0.745. The van der Waals surface area contributed by atoms with Gasteiger partial charge in [0.05, 0.1) is 5.41 Å². The van der Waals surface area contributed by atoms with Gasteiger partial charge >= 0.3 is 0 Å². The topological polar surface area (TPSA) is 0 Å². The van der Waals surface area contributed by atoms with Crippen molar-refractivity contribution in [1.29, 1.82) is 0 Å². The van der Waals surface area contributed by atoms with E-state index in [-0.39, 0.29) is 0 Å². The summed E-state index contributed by atoms with van der Waals surface area (Å²) in [6.45, 7) is 0. The van der Waals surface area contributed by atoms with Gasteiger partial charge in [-0.3, -0.25) is 0 Å². The molecule has 0 saturated carbocycles. The number of hydrogen-bond acceptors (Lipinski definition) is 0. The Labute approximate surface area is 194 Å². The summed E-state index contributed by atoms with van der Waals surface area (Å²) >= 11 is 6.09. The van der Waals surface area contributed by atoms with Crippen LogP contribution in [-0.2, 0) is 5.41 Å². The highest BCUT2D eigenvalue weighted by molar-refractivity contribution is 6.30. The molecule has 0 N–H and O–H groups in total. The van der Waals surface area contributed by atoms with Crippen LogP contribution < -0.4 is 0 Å². The van der Waals surface area contributed by atoms with Crippen LogP contribution in [0.4, 0.5) is 0 Å². The largest absolute Gasteiger partial charge is 0.0843 e. The standard InChI is InChI=1S/C31H23Cl/c32-30-22-18-25(19-23-30)24-16-20-29(21-17-24)31(26-10-4-1-5-11-26,27-12-6-2-7-13-27)28-14-8-3-9-15-28/h1-23H. The van der Waals surface area contributed by atoms with Crippen molar-refractivity contribution in [1.82, 2.24) is 0 Å². The number of benzene rings is 5. The van der Waals surface area contributed by atoms with Crippen molar-refractivity contribution in [3.8, 4) is 11.1 Å². The van der Waals surface area contributed by atoms with Gasteiger partial charge in [-0.15, -0.1) is 0 Å². The highest BCUT2D eigenvalue weighted by Crippen LogP contribution is 2.45. The lowest BCUT2D eigenvalue weighted by Gasteiger charge is -2.37. The smallest absolute Gasteiger partial charge is 0.0701 e. The van der Waals surface area contributed by atoms with E-state index in [9.17, 15) is 0 Å². The number of hydrogen-bond donors (Lipinski definition) is 0. The molecule has 5 rings (SSSR count). The molecular formula is C31H23Cl. The van der Waals surface area contributed by atoms with Crippen molar-refractivity contribution in [2.24, 2.45) is 0 Å². The molecule has 5 aromatic rings. The Bertz CT molecular complexity index is 1180. The van der Waals surface area contributed by atoms with E-state index in [0.717, 1.165) is 10.6 Å². The highest BCUT2D eigenvalue weighted by Gasteiger charge is 2.38. The first kappa shape index (κ1) is 20.3. The molecule has 5 aromatic carbocycles. The zero-order valence-electron chi connectivity index (χ0n) is 17.7. The normalized spacial score (nSPS) is 11.3. The first-order chi connectivity index (χ1) is 15.8. The van der Waals surface area contributed by atoms with Crippen LogP contribution in [0, 0.1) is 0 Å². The average Bonchev–Trinajstić information content (AvgIpc) is 2.88. The molecule has 0 aliphatic carbocycles. The van der Waals surface area contributed by atoms with Gasteiger partial charge in [-0.05, 0) is 45.5 Å². The lowest BCUT2D eigenvalue weighted by atomic mass is 9.65. The Balaban J connectivity index is 1.76. The molecule has 0 spiro atoms. The summed E-state index contributed by atoms with van der Waals surface area (Å²) in [5, 5.41) is 0.751. The minimum Gasteiger partial charge on any atom is -0.0843 e. The van der Waals surface area contributed by atoms with E-state index in [4.69, 9.17) is 11.6 Å². The summed E-state index contributed by atoms with van der Waals surface area (Å²) in [5.41, 5.74) is 6.89. The van der Waals surface area contributed by atoms with E-state index >= 15 is 0 Å². The molecule has 0 unspecified atom stereocenters. The van der Waals surface area contributed by atoms with Gasteiger partial charge in [-0.2, -0.15) is 0 Å². The van der Waals surface area contributed by atoms with Gasteiger partial charge in [-0.25, -0.2) is 0 Å². The van der Waals surface area contributed by atoms with Gasteiger partial charge in [-0.1, -0.05) is 139 Å². The second kappa shape index (κ2) is 8.86. The molecule has 0 atom stereocenters. The van der Waals surface area contributed by atoms with Gasteiger partial charge in [0.25, 0.3) is 0 Å². The fourth-order valence-electron chi connectivity index (χ4n) is 4.62. The quantitative estimate of drug-likeness (QED) is 0.245. The Morgan fingerprint density at radius 3 is 1.03 bits per heavy atom. The fourth-order valence-corrected chi connectivity index (χ4v) is 4.75. The maximum Gasteiger partial charge on any atom is 0.0701 e. The Hall–Kier alpha value is -3.61. The van der Waals surface area contributed by atoms with Crippen LogP contribution >= 0.6 is 11.6 Å². The molecule has 1 heteroatoms. The summed E-state index contributed by atoms with van der Waals surface area (Å²) < 4.78 is 0. The van der Waals surface area contributed by atoms with Crippen molar-refractivity contribution in [2.75, 3.05) is 0 Å². The van der Waals surface area contributed by atoms with Crippen LogP contribution in [-0.4, -0.2) is 0 Å².